The molecule has 4 heteroatoms. The van der Waals surface area contributed by atoms with Crippen LogP contribution >= 0.6 is 0 Å². The Morgan fingerprint density at radius 3 is 2.54 bits per heavy atom. The summed E-state index contributed by atoms with van der Waals surface area (Å²) in [5, 5.41) is 9.94. The standard InChI is InChI=1S/C6H10N.C3H7O.Co.O/c1-4-6(2,3)5-7;1-3-4-2;;/h1,4H2,2-3H3;1,3H2,2H3;;. The van der Waals surface area contributed by atoms with Crippen molar-refractivity contribution in [3.05, 3.63) is 0 Å². The molecule has 3 nitrogen and oxygen atoms in total. The van der Waals surface area contributed by atoms with Crippen molar-refractivity contribution in [2.75, 3.05) is 13.7 Å². The van der Waals surface area contributed by atoms with Gasteiger partial charge in [0, 0.05) is 0 Å². The van der Waals surface area contributed by atoms with Gasteiger partial charge >= 0.3 is 83.6 Å². The summed E-state index contributed by atoms with van der Waals surface area (Å²) in [6.45, 7) is 4.28. The third-order valence-electron chi connectivity index (χ3n) is 1.65. The van der Waals surface area contributed by atoms with Gasteiger partial charge in [-0.05, 0) is 0 Å². The van der Waals surface area contributed by atoms with Gasteiger partial charge in [-0.3, -0.25) is 0 Å². The molecule has 0 aliphatic rings. The molecule has 0 saturated carbocycles. The van der Waals surface area contributed by atoms with E-state index in [9.17, 15) is 3.87 Å². The third kappa shape index (κ3) is 6.88. The molecule has 0 aromatic rings. The fraction of sp³-hybridized carbons (Fsp3) is 0.889. The first-order chi connectivity index (χ1) is 6.02. The van der Waals surface area contributed by atoms with Crippen LogP contribution in [0.5, 0.6) is 0 Å². The van der Waals surface area contributed by atoms with Crippen molar-refractivity contribution in [3.8, 4) is 6.07 Å². The second-order valence-corrected chi connectivity index (χ2v) is 5.59. The van der Waals surface area contributed by atoms with E-state index in [4.69, 9.17) is 10.00 Å². The first-order valence-corrected chi connectivity index (χ1v) is 6.03. The van der Waals surface area contributed by atoms with Crippen LogP contribution in [0.25, 0.3) is 0 Å². The average Bonchev–Trinajstić information content (AvgIpc) is 2.11. The molecule has 0 aliphatic carbocycles. The average molecular weight is 230 g/mol. The van der Waals surface area contributed by atoms with Crippen molar-refractivity contribution >= 4 is 0 Å². The maximum atomic E-state index is 11.3. The molecule has 0 radical (unpaired) electrons. The zero-order chi connectivity index (χ0) is 10.3. The second kappa shape index (κ2) is 6.25. The number of nitrogens with zero attached hydrogens (tertiary/aromatic N) is 1. The second-order valence-electron chi connectivity index (χ2n) is 3.43. The zero-order valence-corrected chi connectivity index (χ0v) is 9.47. The normalized spacial score (nSPS) is 12.3. The first-order valence-electron chi connectivity index (χ1n) is 4.13. The molecular weight excluding hydrogens is 213 g/mol. The zero-order valence-electron chi connectivity index (χ0n) is 8.43. The number of hydrogen-bond donors (Lipinski definition) is 0. The molecule has 0 heterocycles. The van der Waals surface area contributed by atoms with Crippen molar-refractivity contribution in [3.63, 3.8) is 0 Å². The maximum absolute atomic E-state index is 11.3. The minimum atomic E-state index is -1.16. The van der Waals surface area contributed by atoms with E-state index in [0.29, 0.717) is 23.7 Å². The van der Waals surface area contributed by atoms with Crippen LogP contribution in [0.4, 0.5) is 0 Å². The fourth-order valence-electron chi connectivity index (χ4n) is 0.584. The summed E-state index contributed by atoms with van der Waals surface area (Å²) in [4.78, 5) is 0. The van der Waals surface area contributed by atoms with Gasteiger partial charge in [-0.15, -0.1) is 0 Å². The number of methoxy groups -OCH3 is 1. The third-order valence-corrected chi connectivity index (χ3v) is 3.29. The van der Waals surface area contributed by atoms with E-state index in [1.807, 2.05) is 13.8 Å². The van der Waals surface area contributed by atoms with Crippen molar-refractivity contribution in [1.82, 2.24) is 0 Å². The Bertz CT molecular complexity index is 208. The molecule has 0 amide bonds. The van der Waals surface area contributed by atoms with Crippen LogP contribution in [0.1, 0.15) is 20.3 Å². The summed E-state index contributed by atoms with van der Waals surface area (Å²) in [6.07, 6.45) is 0.696. The van der Waals surface area contributed by atoms with Crippen LogP contribution in [0.15, 0.2) is 0 Å². The van der Waals surface area contributed by atoms with E-state index in [1.54, 1.807) is 7.11 Å². The van der Waals surface area contributed by atoms with Crippen LogP contribution in [-0.4, -0.2) is 13.7 Å². The SMILES string of the molecule is COC[CH2][Co](=[O])[CH2]CC(C)(C)C#N. The number of hydrogen-bond acceptors (Lipinski definition) is 3. The number of nitriles is 1. The van der Waals surface area contributed by atoms with E-state index >= 15 is 0 Å². The van der Waals surface area contributed by atoms with Gasteiger partial charge in [0.1, 0.15) is 0 Å². The van der Waals surface area contributed by atoms with Gasteiger partial charge in [0.25, 0.3) is 0 Å². The van der Waals surface area contributed by atoms with Gasteiger partial charge in [-0.1, -0.05) is 0 Å². The molecule has 0 N–H and O–H groups in total. The molecule has 0 aromatic carbocycles. The summed E-state index contributed by atoms with van der Waals surface area (Å²) in [5.41, 5.74) is -0.350. The molecule has 0 rings (SSSR count). The topological polar surface area (TPSA) is 50.1 Å². The van der Waals surface area contributed by atoms with Crippen LogP contribution in [0, 0.1) is 16.7 Å². The molecule has 0 unspecified atom stereocenters. The summed E-state index contributed by atoms with van der Waals surface area (Å²) < 4.78 is 16.1. The summed E-state index contributed by atoms with van der Waals surface area (Å²) >= 11 is -1.16. The predicted octanol–water partition coefficient (Wildman–Crippen LogP) is 2.37. The van der Waals surface area contributed by atoms with Gasteiger partial charge < -0.3 is 0 Å². The van der Waals surface area contributed by atoms with Crippen LogP contribution in [0.2, 0.25) is 10.7 Å². The van der Waals surface area contributed by atoms with Gasteiger partial charge in [-0.25, -0.2) is 0 Å². The Balaban J connectivity index is 3.65. The van der Waals surface area contributed by atoms with Crippen LogP contribution in [0.3, 0.4) is 0 Å². The Kier molecular flexibility index (Phi) is 6.13. The summed E-state index contributed by atoms with van der Waals surface area (Å²) in [6, 6.07) is 2.19. The van der Waals surface area contributed by atoms with Gasteiger partial charge in [-0.2, -0.15) is 0 Å². The van der Waals surface area contributed by atoms with Crippen molar-refractivity contribution in [1.29, 1.82) is 5.26 Å². The Morgan fingerprint density at radius 2 is 2.08 bits per heavy atom. The van der Waals surface area contributed by atoms with E-state index in [1.165, 1.54) is 0 Å². The molecule has 79 valence electrons. The number of rotatable bonds is 6. The molecule has 0 saturated heterocycles. The molecular formula is C9H17CoNO2. The van der Waals surface area contributed by atoms with Crippen LogP contribution < -0.4 is 0 Å². The molecule has 0 spiro atoms. The van der Waals surface area contributed by atoms with Gasteiger partial charge in [0.05, 0.1) is 0 Å². The minimum absolute atomic E-state index is 0.350. The van der Waals surface area contributed by atoms with E-state index in [-0.39, 0.29) is 5.41 Å². The first kappa shape index (κ1) is 12.8. The van der Waals surface area contributed by atoms with E-state index in [2.05, 4.69) is 6.07 Å². The number of ether oxygens (including phenoxy) is 1. The monoisotopic (exact) mass is 230 g/mol. The molecule has 0 aromatic heterocycles. The predicted molar refractivity (Wildman–Crippen MR) is 46.2 cm³/mol. The van der Waals surface area contributed by atoms with Crippen molar-refractivity contribution in [2.45, 2.75) is 31.0 Å². The van der Waals surface area contributed by atoms with E-state index < -0.39 is 13.6 Å². The molecule has 0 fully saturated rings. The molecule has 0 bridgehead atoms. The summed E-state index contributed by atoms with van der Waals surface area (Å²) in [5.74, 6) is 0. The molecule has 0 atom stereocenters. The fourth-order valence-corrected chi connectivity index (χ4v) is 2.24. The van der Waals surface area contributed by atoms with Crippen molar-refractivity contribution < 1.29 is 22.2 Å². The quantitative estimate of drug-likeness (QED) is 0.703. The van der Waals surface area contributed by atoms with E-state index in [0.717, 1.165) is 0 Å². The molecule has 0 aliphatic heterocycles. The van der Waals surface area contributed by atoms with Gasteiger partial charge in [0.15, 0.2) is 0 Å². The Hall–Kier alpha value is -0.244. The Morgan fingerprint density at radius 1 is 1.46 bits per heavy atom. The summed E-state index contributed by atoms with van der Waals surface area (Å²) in [7, 11) is 1.60. The Labute approximate surface area is 84.0 Å². The molecule has 13 heavy (non-hydrogen) atoms. The van der Waals surface area contributed by atoms with Gasteiger partial charge in [0.2, 0.25) is 0 Å². The van der Waals surface area contributed by atoms with Crippen molar-refractivity contribution in [2.24, 2.45) is 5.41 Å². The van der Waals surface area contributed by atoms with Crippen LogP contribution in [-0.2, 0) is 22.2 Å².